The Labute approximate surface area is 98.0 Å². The van der Waals surface area contributed by atoms with Crippen molar-refractivity contribution in [2.75, 3.05) is 38.6 Å². The number of ether oxygens (including phenoxy) is 1. The Morgan fingerprint density at radius 1 is 1.50 bits per heavy atom. The highest BCUT2D eigenvalue weighted by atomic mass is 32.2. The van der Waals surface area contributed by atoms with Gasteiger partial charge in [0.1, 0.15) is 0 Å². The highest BCUT2D eigenvalue weighted by Crippen LogP contribution is 2.30. The Kier molecular flexibility index (Phi) is 4.73. The molecule has 96 valence electrons. The molecule has 0 aromatic heterocycles. The maximum atomic E-state index is 11.9. The molecule has 0 spiro atoms. The first-order chi connectivity index (χ1) is 7.43. The number of nitrogens with zero attached hydrogens (tertiary/aromatic N) is 1. The zero-order chi connectivity index (χ0) is 12.2. The van der Waals surface area contributed by atoms with Crippen LogP contribution in [0, 0.1) is 5.41 Å². The molecule has 0 aromatic rings. The largest absolute Gasteiger partial charge is 0.381 e. The lowest BCUT2D eigenvalue weighted by atomic mass is 9.90. The molecule has 1 heterocycles. The zero-order valence-corrected chi connectivity index (χ0v) is 10.9. The van der Waals surface area contributed by atoms with Crippen LogP contribution in [-0.4, -0.2) is 51.3 Å². The molecule has 16 heavy (non-hydrogen) atoms. The molecule has 1 fully saturated rings. The highest BCUT2D eigenvalue weighted by molar-refractivity contribution is 7.89. The maximum absolute atomic E-state index is 11.9. The van der Waals surface area contributed by atoms with Crippen molar-refractivity contribution in [1.29, 1.82) is 0 Å². The normalized spacial score (nSPS) is 27.4. The summed E-state index contributed by atoms with van der Waals surface area (Å²) < 4.78 is 30.5. The molecule has 5 nitrogen and oxygen atoms in total. The molecular formula is C10H22N2O3S. The number of sulfonamides is 1. The quantitative estimate of drug-likeness (QED) is 0.675. The van der Waals surface area contributed by atoms with Crippen molar-refractivity contribution in [3.63, 3.8) is 0 Å². The molecule has 1 saturated heterocycles. The van der Waals surface area contributed by atoms with Gasteiger partial charge >= 0.3 is 0 Å². The smallest absolute Gasteiger partial charge is 0.216 e. The van der Waals surface area contributed by atoms with E-state index in [1.165, 1.54) is 0 Å². The van der Waals surface area contributed by atoms with Gasteiger partial charge in [0, 0.05) is 19.7 Å². The third kappa shape index (κ3) is 3.41. The topological polar surface area (TPSA) is 72.6 Å². The molecule has 0 amide bonds. The molecule has 0 saturated carbocycles. The van der Waals surface area contributed by atoms with Crippen LogP contribution in [0.2, 0.25) is 0 Å². The Balaban J connectivity index is 2.52. The van der Waals surface area contributed by atoms with E-state index in [0.717, 1.165) is 6.42 Å². The van der Waals surface area contributed by atoms with Gasteiger partial charge in [-0.15, -0.1) is 0 Å². The summed E-state index contributed by atoms with van der Waals surface area (Å²) in [6.45, 7) is 6.37. The van der Waals surface area contributed by atoms with Crippen LogP contribution in [0.15, 0.2) is 0 Å². The first-order valence-electron chi connectivity index (χ1n) is 5.69. The molecule has 1 unspecified atom stereocenters. The molecular weight excluding hydrogens is 228 g/mol. The van der Waals surface area contributed by atoms with Gasteiger partial charge in [-0.3, -0.25) is 0 Å². The van der Waals surface area contributed by atoms with Crippen LogP contribution < -0.4 is 5.73 Å². The number of nitrogens with two attached hydrogens (primary N) is 1. The third-order valence-electron chi connectivity index (χ3n) is 3.10. The van der Waals surface area contributed by atoms with Crippen LogP contribution in [0.25, 0.3) is 0 Å². The van der Waals surface area contributed by atoms with Crippen molar-refractivity contribution >= 4 is 10.0 Å². The summed E-state index contributed by atoms with van der Waals surface area (Å²) in [5.41, 5.74) is 5.59. The van der Waals surface area contributed by atoms with Crippen LogP contribution in [0.4, 0.5) is 0 Å². The highest BCUT2D eigenvalue weighted by Gasteiger charge is 2.37. The molecule has 1 aliphatic rings. The summed E-state index contributed by atoms with van der Waals surface area (Å²) in [5.74, 6) is 0.0709. The van der Waals surface area contributed by atoms with Crippen molar-refractivity contribution in [1.82, 2.24) is 4.31 Å². The van der Waals surface area contributed by atoms with Crippen LogP contribution in [-0.2, 0) is 14.8 Å². The van der Waals surface area contributed by atoms with E-state index in [9.17, 15) is 8.42 Å². The summed E-state index contributed by atoms with van der Waals surface area (Å²) in [5, 5.41) is 0. The van der Waals surface area contributed by atoms with E-state index in [2.05, 4.69) is 0 Å². The first-order valence-corrected chi connectivity index (χ1v) is 7.30. The second-order valence-corrected chi connectivity index (χ2v) is 6.70. The van der Waals surface area contributed by atoms with E-state index < -0.39 is 10.0 Å². The predicted molar refractivity (Wildman–Crippen MR) is 63.6 cm³/mol. The van der Waals surface area contributed by atoms with Gasteiger partial charge < -0.3 is 10.5 Å². The summed E-state index contributed by atoms with van der Waals surface area (Å²) >= 11 is 0. The summed E-state index contributed by atoms with van der Waals surface area (Å²) in [7, 11) is -3.16. The molecule has 0 aromatic carbocycles. The number of hydrogen-bond donors (Lipinski definition) is 1. The monoisotopic (exact) mass is 250 g/mol. The fourth-order valence-electron chi connectivity index (χ4n) is 1.82. The lowest BCUT2D eigenvalue weighted by Crippen LogP contribution is -2.36. The van der Waals surface area contributed by atoms with E-state index >= 15 is 0 Å². The summed E-state index contributed by atoms with van der Waals surface area (Å²) in [6.07, 6.45) is 0.845. The van der Waals surface area contributed by atoms with Gasteiger partial charge in [0.05, 0.1) is 12.4 Å². The lowest BCUT2D eigenvalue weighted by Gasteiger charge is -2.22. The van der Waals surface area contributed by atoms with Gasteiger partial charge in [-0.05, 0) is 25.3 Å². The molecule has 1 rings (SSSR count). The first kappa shape index (κ1) is 13.9. The van der Waals surface area contributed by atoms with Gasteiger partial charge in [-0.1, -0.05) is 6.92 Å². The summed E-state index contributed by atoms with van der Waals surface area (Å²) in [6, 6.07) is 0. The van der Waals surface area contributed by atoms with E-state index in [1.54, 1.807) is 4.31 Å². The Morgan fingerprint density at radius 2 is 2.19 bits per heavy atom. The van der Waals surface area contributed by atoms with E-state index in [0.29, 0.717) is 26.2 Å². The van der Waals surface area contributed by atoms with E-state index in [1.807, 2.05) is 13.8 Å². The summed E-state index contributed by atoms with van der Waals surface area (Å²) in [4.78, 5) is 0. The lowest BCUT2D eigenvalue weighted by molar-refractivity contribution is 0.162. The molecule has 1 atom stereocenters. The fourth-order valence-corrected chi connectivity index (χ4v) is 3.28. The van der Waals surface area contributed by atoms with E-state index in [4.69, 9.17) is 10.5 Å². The third-order valence-corrected chi connectivity index (χ3v) is 4.88. The van der Waals surface area contributed by atoms with Crippen molar-refractivity contribution in [2.24, 2.45) is 11.1 Å². The van der Waals surface area contributed by atoms with Crippen molar-refractivity contribution < 1.29 is 13.2 Å². The predicted octanol–water partition coefficient (Wildman–Crippen LogP) is 0.0234. The van der Waals surface area contributed by atoms with E-state index in [-0.39, 0.29) is 17.8 Å². The second kappa shape index (κ2) is 5.44. The standard InChI is InChI=1S/C10H22N2O3S/c1-3-15-6-7-16(13,14)12-5-4-10(2,8-11)9-12/h3-9,11H2,1-2H3. The van der Waals surface area contributed by atoms with Gasteiger partial charge in [0.2, 0.25) is 10.0 Å². The Bertz CT molecular complexity index is 318. The minimum absolute atomic E-state index is 0.0569. The van der Waals surface area contributed by atoms with Crippen LogP contribution >= 0.6 is 0 Å². The fraction of sp³-hybridized carbons (Fsp3) is 1.00. The maximum Gasteiger partial charge on any atom is 0.216 e. The Hall–Kier alpha value is -0.170. The molecule has 2 N–H and O–H groups in total. The molecule has 1 aliphatic heterocycles. The number of hydrogen-bond acceptors (Lipinski definition) is 4. The zero-order valence-electron chi connectivity index (χ0n) is 10.1. The molecule has 0 aliphatic carbocycles. The average Bonchev–Trinajstić information content (AvgIpc) is 2.63. The van der Waals surface area contributed by atoms with Crippen molar-refractivity contribution in [3.8, 4) is 0 Å². The minimum Gasteiger partial charge on any atom is -0.381 e. The van der Waals surface area contributed by atoms with Crippen molar-refractivity contribution in [3.05, 3.63) is 0 Å². The Morgan fingerprint density at radius 3 is 2.69 bits per heavy atom. The van der Waals surface area contributed by atoms with Gasteiger partial charge in [-0.2, -0.15) is 0 Å². The number of rotatable bonds is 6. The van der Waals surface area contributed by atoms with Crippen LogP contribution in [0.5, 0.6) is 0 Å². The SMILES string of the molecule is CCOCCS(=O)(=O)N1CCC(C)(CN)C1. The minimum atomic E-state index is -3.16. The average molecular weight is 250 g/mol. The molecule has 6 heteroatoms. The van der Waals surface area contributed by atoms with Crippen molar-refractivity contribution in [2.45, 2.75) is 20.3 Å². The van der Waals surface area contributed by atoms with Gasteiger partial charge in [-0.25, -0.2) is 12.7 Å². The van der Waals surface area contributed by atoms with Gasteiger partial charge in [0.25, 0.3) is 0 Å². The molecule has 0 radical (unpaired) electrons. The van der Waals surface area contributed by atoms with Crippen LogP contribution in [0.3, 0.4) is 0 Å². The van der Waals surface area contributed by atoms with Gasteiger partial charge in [0.15, 0.2) is 0 Å². The second-order valence-electron chi connectivity index (χ2n) is 4.61. The van der Waals surface area contributed by atoms with Crippen LogP contribution in [0.1, 0.15) is 20.3 Å². The molecule has 0 bridgehead atoms.